The van der Waals surface area contributed by atoms with E-state index in [2.05, 4.69) is 10.3 Å². The lowest BCUT2D eigenvalue weighted by Crippen LogP contribution is -2.46. The maximum absolute atomic E-state index is 13.4. The van der Waals surface area contributed by atoms with Gasteiger partial charge in [-0.3, -0.25) is 9.69 Å². The third-order valence-electron chi connectivity index (χ3n) is 5.93. The summed E-state index contributed by atoms with van der Waals surface area (Å²) in [6.07, 6.45) is 2.42. The van der Waals surface area contributed by atoms with Crippen LogP contribution in [0, 0.1) is 0 Å². The minimum Gasteiger partial charge on any atom is -0.494 e. The van der Waals surface area contributed by atoms with Crippen molar-refractivity contribution in [3.05, 3.63) is 70.7 Å². The smallest absolute Gasteiger partial charge is 0.325 e. The predicted octanol–water partition coefficient (Wildman–Crippen LogP) is 4.49. The minimum atomic E-state index is -0.945. The van der Waals surface area contributed by atoms with Gasteiger partial charge in [0, 0.05) is 10.9 Å². The van der Waals surface area contributed by atoms with Gasteiger partial charge in [0.05, 0.1) is 18.8 Å². The highest BCUT2D eigenvalue weighted by Crippen LogP contribution is 2.40. The summed E-state index contributed by atoms with van der Waals surface area (Å²) in [6, 6.07) is 15.3. The number of amides is 3. The van der Waals surface area contributed by atoms with Crippen LogP contribution >= 0.6 is 11.3 Å². The number of aromatic nitrogens is 1. The third kappa shape index (κ3) is 3.39. The average molecular weight is 434 g/mol. The number of thiazole rings is 1. The lowest BCUT2D eigenvalue weighted by molar-refractivity contribution is -0.132. The lowest BCUT2D eigenvalue weighted by atomic mass is 9.76. The molecule has 2 heterocycles. The number of carbonyl (C=O) groups is 2. The van der Waals surface area contributed by atoms with Crippen LogP contribution in [-0.4, -0.2) is 28.4 Å². The van der Waals surface area contributed by atoms with Gasteiger partial charge in [-0.05, 0) is 61.6 Å². The largest absolute Gasteiger partial charge is 0.494 e. The van der Waals surface area contributed by atoms with Crippen LogP contribution in [0.5, 0.6) is 5.75 Å². The summed E-state index contributed by atoms with van der Waals surface area (Å²) >= 11 is 1.50. The molecule has 0 unspecified atom stereocenters. The van der Waals surface area contributed by atoms with E-state index in [0.717, 1.165) is 40.3 Å². The molecule has 0 saturated carbocycles. The summed E-state index contributed by atoms with van der Waals surface area (Å²) in [5.41, 5.74) is 2.80. The molecule has 0 bridgehead atoms. The number of urea groups is 1. The Morgan fingerprint density at radius 2 is 1.97 bits per heavy atom. The fourth-order valence-electron chi connectivity index (χ4n) is 4.49. The number of imide groups is 1. The first-order chi connectivity index (χ1) is 15.1. The van der Waals surface area contributed by atoms with Crippen molar-refractivity contribution in [2.24, 2.45) is 0 Å². The lowest BCUT2D eigenvalue weighted by Gasteiger charge is -2.33. The van der Waals surface area contributed by atoms with Crippen molar-refractivity contribution in [3.63, 3.8) is 0 Å². The fourth-order valence-corrected chi connectivity index (χ4v) is 5.31. The van der Waals surface area contributed by atoms with Gasteiger partial charge in [-0.25, -0.2) is 9.78 Å². The third-order valence-corrected chi connectivity index (χ3v) is 6.88. The minimum absolute atomic E-state index is 0.169. The van der Waals surface area contributed by atoms with Gasteiger partial charge in [0.15, 0.2) is 0 Å². The molecule has 1 N–H and O–H groups in total. The molecule has 3 amide bonds. The molecule has 2 aliphatic rings. The molecular formula is C24H23N3O3S. The van der Waals surface area contributed by atoms with Crippen molar-refractivity contribution in [1.82, 2.24) is 15.2 Å². The van der Waals surface area contributed by atoms with Crippen molar-refractivity contribution in [3.8, 4) is 16.3 Å². The van der Waals surface area contributed by atoms with Gasteiger partial charge in [-0.15, -0.1) is 11.3 Å². The van der Waals surface area contributed by atoms with Crippen LogP contribution in [0.2, 0.25) is 0 Å². The summed E-state index contributed by atoms with van der Waals surface area (Å²) in [7, 11) is 0. The number of nitrogens with zero attached hydrogens (tertiary/aromatic N) is 2. The van der Waals surface area contributed by atoms with Gasteiger partial charge >= 0.3 is 6.03 Å². The summed E-state index contributed by atoms with van der Waals surface area (Å²) < 4.78 is 5.49. The molecule has 3 aromatic rings. The fraction of sp³-hybridized carbons (Fsp3) is 0.292. The second-order valence-electron chi connectivity index (χ2n) is 7.84. The van der Waals surface area contributed by atoms with Gasteiger partial charge in [0.1, 0.15) is 16.3 Å². The standard InChI is InChI=1S/C24H23N3O3S/c1-2-30-19-11-9-17(10-12-19)21-25-18(15-31-21)14-27-22(28)24(26-23(27)29)13-5-7-16-6-3-4-8-20(16)24/h3-4,6,8-12,15H,2,5,7,13-14H2,1H3,(H,26,29)/t24-/m0/s1. The molecule has 2 aromatic carbocycles. The van der Waals surface area contributed by atoms with E-state index in [4.69, 9.17) is 4.74 Å². The van der Waals surface area contributed by atoms with E-state index in [0.29, 0.717) is 18.7 Å². The van der Waals surface area contributed by atoms with E-state index in [1.54, 1.807) is 0 Å². The first-order valence-corrected chi connectivity index (χ1v) is 11.4. The zero-order chi connectivity index (χ0) is 21.4. The molecule has 158 valence electrons. The Labute approximate surface area is 184 Å². The summed E-state index contributed by atoms with van der Waals surface area (Å²) in [5.74, 6) is 0.640. The van der Waals surface area contributed by atoms with E-state index in [1.807, 2.05) is 60.8 Å². The zero-order valence-corrected chi connectivity index (χ0v) is 18.1. The number of hydrogen-bond acceptors (Lipinski definition) is 5. The van der Waals surface area contributed by atoms with Crippen LogP contribution in [0.15, 0.2) is 53.9 Å². The molecule has 1 aliphatic carbocycles. The van der Waals surface area contributed by atoms with Crippen molar-refractivity contribution in [2.45, 2.75) is 38.3 Å². The number of carbonyl (C=O) groups excluding carboxylic acids is 2. The second-order valence-corrected chi connectivity index (χ2v) is 8.70. The number of rotatable bonds is 5. The number of ether oxygens (including phenoxy) is 1. The number of nitrogens with one attached hydrogen (secondary N) is 1. The maximum Gasteiger partial charge on any atom is 0.325 e. The van der Waals surface area contributed by atoms with Crippen LogP contribution < -0.4 is 10.1 Å². The Bertz CT molecular complexity index is 1140. The van der Waals surface area contributed by atoms with Crippen LogP contribution in [0.4, 0.5) is 4.79 Å². The van der Waals surface area contributed by atoms with Crippen molar-refractivity contribution < 1.29 is 14.3 Å². The van der Waals surface area contributed by atoms with Crippen molar-refractivity contribution in [1.29, 1.82) is 0 Å². The average Bonchev–Trinajstić information content (AvgIpc) is 3.34. The molecule has 31 heavy (non-hydrogen) atoms. The van der Waals surface area contributed by atoms with Crippen LogP contribution in [0.3, 0.4) is 0 Å². The highest BCUT2D eigenvalue weighted by Gasteiger charge is 2.53. The van der Waals surface area contributed by atoms with E-state index in [1.165, 1.54) is 16.2 Å². The Kier molecular flexibility index (Phi) is 4.98. The number of hydrogen-bond donors (Lipinski definition) is 1. The van der Waals surface area contributed by atoms with Crippen LogP contribution in [-0.2, 0) is 23.3 Å². The first-order valence-electron chi connectivity index (χ1n) is 10.5. The van der Waals surface area contributed by atoms with Crippen molar-refractivity contribution in [2.75, 3.05) is 6.61 Å². The molecule has 1 spiro atoms. The number of benzene rings is 2. The Morgan fingerprint density at radius 3 is 2.77 bits per heavy atom. The van der Waals surface area contributed by atoms with Gasteiger partial charge in [0.25, 0.3) is 5.91 Å². The Morgan fingerprint density at radius 1 is 1.16 bits per heavy atom. The van der Waals surface area contributed by atoms with Gasteiger partial charge < -0.3 is 10.1 Å². The SMILES string of the molecule is CCOc1ccc(-c2nc(CN3C(=O)N[C@]4(CCCc5ccccc54)C3=O)cs2)cc1. The molecule has 7 heteroatoms. The first kappa shape index (κ1) is 19.8. The van der Waals surface area contributed by atoms with E-state index < -0.39 is 5.54 Å². The number of fused-ring (bicyclic) bond motifs is 2. The summed E-state index contributed by atoms with van der Waals surface area (Å²) in [4.78, 5) is 32.2. The quantitative estimate of drug-likeness (QED) is 0.602. The van der Waals surface area contributed by atoms with Gasteiger partial charge in [-0.1, -0.05) is 24.3 Å². The van der Waals surface area contributed by atoms with Gasteiger partial charge in [0.2, 0.25) is 0 Å². The van der Waals surface area contributed by atoms with Crippen LogP contribution in [0.25, 0.3) is 10.6 Å². The Hall–Kier alpha value is -3.19. The molecule has 0 radical (unpaired) electrons. The number of aryl methyl sites for hydroxylation is 1. The molecular weight excluding hydrogens is 410 g/mol. The molecule has 1 aliphatic heterocycles. The molecule has 5 rings (SSSR count). The zero-order valence-electron chi connectivity index (χ0n) is 17.3. The second kappa shape index (κ2) is 7.81. The summed E-state index contributed by atoms with van der Waals surface area (Å²) in [6.45, 7) is 2.74. The highest BCUT2D eigenvalue weighted by molar-refractivity contribution is 7.13. The maximum atomic E-state index is 13.4. The van der Waals surface area contributed by atoms with Crippen LogP contribution in [0.1, 0.15) is 36.6 Å². The molecule has 1 saturated heterocycles. The normalized spacial score (nSPS) is 20.1. The monoisotopic (exact) mass is 433 g/mol. The molecule has 1 aromatic heterocycles. The summed E-state index contributed by atoms with van der Waals surface area (Å²) in [5, 5.41) is 5.76. The van der Waals surface area contributed by atoms with E-state index in [-0.39, 0.29) is 18.5 Å². The predicted molar refractivity (Wildman–Crippen MR) is 119 cm³/mol. The highest BCUT2D eigenvalue weighted by atomic mass is 32.1. The van der Waals surface area contributed by atoms with Gasteiger partial charge in [-0.2, -0.15) is 0 Å². The Balaban J connectivity index is 1.37. The van der Waals surface area contributed by atoms with Crippen molar-refractivity contribution >= 4 is 23.3 Å². The topological polar surface area (TPSA) is 71.5 Å². The molecule has 6 nitrogen and oxygen atoms in total. The van der Waals surface area contributed by atoms with E-state index >= 15 is 0 Å². The molecule has 1 atom stereocenters. The molecule has 1 fully saturated rings. The van der Waals surface area contributed by atoms with E-state index in [9.17, 15) is 9.59 Å².